The Balaban J connectivity index is 1.28. The number of hydrogen-bond donors (Lipinski definition) is 0. The summed E-state index contributed by atoms with van der Waals surface area (Å²) in [7, 11) is 0. The van der Waals surface area contributed by atoms with Crippen LogP contribution in [0.1, 0.15) is 65.5 Å². The van der Waals surface area contributed by atoms with Crippen LogP contribution in [0.15, 0.2) is 35.0 Å². The molecule has 1 saturated carbocycles. The fourth-order valence-electron chi connectivity index (χ4n) is 4.81. The van der Waals surface area contributed by atoms with Gasteiger partial charge in [-0.1, -0.05) is 18.6 Å². The van der Waals surface area contributed by atoms with E-state index in [2.05, 4.69) is 27.9 Å². The summed E-state index contributed by atoms with van der Waals surface area (Å²) < 4.78 is 8.33. The summed E-state index contributed by atoms with van der Waals surface area (Å²) in [6.45, 7) is 6.65. The van der Waals surface area contributed by atoms with E-state index in [1.165, 1.54) is 25.1 Å². The Kier molecular flexibility index (Phi) is 4.69. The van der Waals surface area contributed by atoms with E-state index in [-0.39, 0.29) is 5.91 Å². The van der Waals surface area contributed by atoms with E-state index >= 15 is 0 Å². The number of benzene rings is 1. The first-order valence-electron chi connectivity index (χ1n) is 10.9. The minimum atomic E-state index is 0.0209. The molecule has 1 saturated heterocycles. The lowest BCUT2D eigenvalue weighted by atomic mass is 9.85. The third-order valence-electron chi connectivity index (χ3n) is 6.86. The lowest BCUT2D eigenvalue weighted by Crippen LogP contribution is -2.38. The summed E-state index contributed by atoms with van der Waals surface area (Å²) in [5, 5.41) is 1.03. The van der Waals surface area contributed by atoms with Gasteiger partial charge in [0.2, 0.25) is 0 Å². The highest BCUT2D eigenvalue weighted by Gasteiger charge is 2.30. The minimum Gasteiger partial charge on any atom is -0.451 e. The molecule has 5 nitrogen and oxygen atoms in total. The fourth-order valence-corrected chi connectivity index (χ4v) is 4.81. The van der Waals surface area contributed by atoms with E-state index in [9.17, 15) is 4.79 Å². The van der Waals surface area contributed by atoms with Crippen molar-refractivity contribution in [2.75, 3.05) is 13.1 Å². The van der Waals surface area contributed by atoms with Gasteiger partial charge < -0.3 is 13.9 Å². The summed E-state index contributed by atoms with van der Waals surface area (Å²) in [6, 6.07) is 6.12. The standard InChI is InChI=1S/C24H29N3O2/c1-16-6-7-20-17(2)22(29-21(20)14-16)24(28)26-11-8-19(9-12-26)23-25-10-13-27(23)15-18-4-3-5-18/h6-7,10,13-14,18-19H,3-5,8-9,11-12,15H2,1-2H3. The van der Waals surface area contributed by atoms with Crippen LogP contribution in [-0.4, -0.2) is 33.4 Å². The van der Waals surface area contributed by atoms with Crippen molar-refractivity contribution in [1.29, 1.82) is 0 Å². The molecule has 1 aliphatic carbocycles. The maximum Gasteiger partial charge on any atom is 0.289 e. The van der Waals surface area contributed by atoms with Crippen molar-refractivity contribution < 1.29 is 9.21 Å². The van der Waals surface area contributed by atoms with Gasteiger partial charge in [-0.15, -0.1) is 0 Å². The van der Waals surface area contributed by atoms with Crippen LogP contribution in [0.3, 0.4) is 0 Å². The maximum atomic E-state index is 13.1. The molecule has 2 aromatic heterocycles. The SMILES string of the molecule is Cc1ccc2c(C)c(C(=O)N3CCC(c4nccn4CC4CCC4)CC3)oc2c1. The fraction of sp³-hybridized carbons (Fsp3) is 0.500. The minimum absolute atomic E-state index is 0.0209. The smallest absolute Gasteiger partial charge is 0.289 e. The largest absolute Gasteiger partial charge is 0.451 e. The number of likely N-dealkylation sites (tertiary alicyclic amines) is 1. The average molecular weight is 392 g/mol. The molecule has 5 heteroatoms. The molecular weight excluding hydrogens is 362 g/mol. The van der Waals surface area contributed by atoms with Crippen LogP contribution in [0, 0.1) is 19.8 Å². The number of rotatable bonds is 4. The third-order valence-corrected chi connectivity index (χ3v) is 6.86. The first-order chi connectivity index (χ1) is 14.1. The van der Waals surface area contributed by atoms with E-state index < -0.39 is 0 Å². The number of fused-ring (bicyclic) bond motifs is 1. The van der Waals surface area contributed by atoms with Gasteiger partial charge in [0.25, 0.3) is 5.91 Å². The van der Waals surface area contributed by atoms with E-state index in [1.54, 1.807) is 0 Å². The second-order valence-electron chi connectivity index (χ2n) is 8.86. The van der Waals surface area contributed by atoms with Gasteiger partial charge in [0, 0.05) is 48.9 Å². The van der Waals surface area contributed by atoms with Gasteiger partial charge in [0.15, 0.2) is 5.76 Å². The highest BCUT2D eigenvalue weighted by Crippen LogP contribution is 2.33. The zero-order chi connectivity index (χ0) is 20.0. The van der Waals surface area contributed by atoms with Crippen molar-refractivity contribution in [3.8, 4) is 0 Å². The molecule has 0 radical (unpaired) electrons. The maximum absolute atomic E-state index is 13.1. The normalized spacial score (nSPS) is 18.3. The number of carbonyl (C=O) groups is 1. The topological polar surface area (TPSA) is 51.3 Å². The Morgan fingerprint density at radius 2 is 1.97 bits per heavy atom. The molecule has 2 aliphatic rings. The molecule has 2 fully saturated rings. The highest BCUT2D eigenvalue weighted by molar-refractivity contribution is 5.99. The number of imidazole rings is 1. The molecule has 3 heterocycles. The molecule has 1 aliphatic heterocycles. The van der Waals surface area contributed by atoms with E-state index in [4.69, 9.17) is 4.42 Å². The van der Waals surface area contributed by atoms with Gasteiger partial charge in [-0.2, -0.15) is 0 Å². The van der Waals surface area contributed by atoms with Crippen LogP contribution >= 0.6 is 0 Å². The van der Waals surface area contributed by atoms with Crippen molar-refractivity contribution in [3.05, 3.63) is 53.3 Å². The average Bonchev–Trinajstić information content (AvgIpc) is 3.28. The Labute approximate surface area is 171 Å². The second-order valence-corrected chi connectivity index (χ2v) is 8.86. The number of nitrogens with zero attached hydrogens (tertiary/aromatic N) is 3. The van der Waals surface area contributed by atoms with E-state index in [0.717, 1.165) is 60.5 Å². The second kappa shape index (κ2) is 7.36. The van der Waals surface area contributed by atoms with Gasteiger partial charge in [0.05, 0.1) is 0 Å². The van der Waals surface area contributed by atoms with Gasteiger partial charge in [-0.25, -0.2) is 4.98 Å². The highest BCUT2D eigenvalue weighted by atomic mass is 16.3. The van der Waals surface area contributed by atoms with Crippen molar-refractivity contribution in [2.45, 2.75) is 58.4 Å². The number of hydrogen-bond acceptors (Lipinski definition) is 3. The number of amides is 1. The van der Waals surface area contributed by atoms with Gasteiger partial charge in [-0.3, -0.25) is 4.79 Å². The Morgan fingerprint density at radius 1 is 1.17 bits per heavy atom. The van der Waals surface area contributed by atoms with Crippen LogP contribution in [0.2, 0.25) is 0 Å². The Bertz CT molecular complexity index is 1040. The van der Waals surface area contributed by atoms with E-state index in [1.807, 2.05) is 31.0 Å². The lowest BCUT2D eigenvalue weighted by molar-refractivity contribution is 0.0679. The number of piperidine rings is 1. The number of furan rings is 1. The van der Waals surface area contributed by atoms with Crippen LogP contribution in [0.5, 0.6) is 0 Å². The molecule has 0 atom stereocenters. The molecule has 3 aromatic rings. The molecule has 1 aromatic carbocycles. The van der Waals surface area contributed by atoms with Crippen molar-refractivity contribution >= 4 is 16.9 Å². The van der Waals surface area contributed by atoms with Crippen molar-refractivity contribution in [3.63, 3.8) is 0 Å². The molecular formula is C24H29N3O2. The van der Waals surface area contributed by atoms with E-state index in [0.29, 0.717) is 11.7 Å². The first-order valence-corrected chi connectivity index (χ1v) is 10.9. The summed E-state index contributed by atoms with van der Waals surface area (Å²) in [5.41, 5.74) is 2.89. The molecule has 0 spiro atoms. The third kappa shape index (κ3) is 3.37. The molecule has 0 bridgehead atoms. The Hall–Kier alpha value is -2.56. The summed E-state index contributed by atoms with van der Waals surface area (Å²) >= 11 is 0. The van der Waals surface area contributed by atoms with Crippen LogP contribution in [0.25, 0.3) is 11.0 Å². The zero-order valence-electron chi connectivity index (χ0n) is 17.4. The molecule has 29 heavy (non-hydrogen) atoms. The molecule has 0 unspecified atom stereocenters. The number of carbonyl (C=O) groups excluding carboxylic acids is 1. The predicted octanol–water partition coefficient (Wildman–Crippen LogP) is 5.07. The molecule has 5 rings (SSSR count). The Morgan fingerprint density at radius 3 is 2.69 bits per heavy atom. The zero-order valence-corrected chi connectivity index (χ0v) is 17.4. The first kappa shape index (κ1) is 18.5. The molecule has 1 amide bonds. The van der Waals surface area contributed by atoms with Crippen LogP contribution in [-0.2, 0) is 6.54 Å². The van der Waals surface area contributed by atoms with Gasteiger partial charge in [0.1, 0.15) is 11.4 Å². The van der Waals surface area contributed by atoms with Crippen molar-refractivity contribution in [1.82, 2.24) is 14.5 Å². The van der Waals surface area contributed by atoms with Crippen molar-refractivity contribution in [2.24, 2.45) is 5.92 Å². The van der Waals surface area contributed by atoms with Crippen LogP contribution in [0.4, 0.5) is 0 Å². The summed E-state index contributed by atoms with van der Waals surface area (Å²) in [5.74, 6) is 2.99. The monoisotopic (exact) mass is 391 g/mol. The quantitative estimate of drug-likeness (QED) is 0.624. The molecule has 0 N–H and O–H groups in total. The summed E-state index contributed by atoms with van der Waals surface area (Å²) in [4.78, 5) is 19.8. The lowest BCUT2D eigenvalue weighted by Gasteiger charge is -2.32. The van der Waals surface area contributed by atoms with Gasteiger partial charge in [-0.05, 0) is 57.1 Å². The number of aryl methyl sites for hydroxylation is 2. The predicted molar refractivity (Wildman–Crippen MR) is 113 cm³/mol. The molecule has 152 valence electrons. The summed E-state index contributed by atoms with van der Waals surface area (Å²) in [6.07, 6.45) is 10.1. The number of aromatic nitrogens is 2. The van der Waals surface area contributed by atoms with Gasteiger partial charge >= 0.3 is 0 Å². The van der Waals surface area contributed by atoms with Crippen LogP contribution < -0.4 is 0 Å².